The van der Waals surface area contributed by atoms with Crippen LogP contribution in [0.3, 0.4) is 0 Å². The number of carbonyl (C=O) groups is 1. The minimum atomic E-state index is -0.913. The molecule has 0 aliphatic rings. The first-order chi connectivity index (χ1) is 12.8. The third-order valence-electron chi connectivity index (χ3n) is 3.89. The van der Waals surface area contributed by atoms with E-state index in [1.54, 1.807) is 6.92 Å². The molecule has 0 bridgehead atoms. The van der Waals surface area contributed by atoms with Crippen molar-refractivity contribution in [2.75, 3.05) is 5.32 Å². The fraction of sp³-hybridized carbons (Fsp3) is 0.111. The molecule has 9 heteroatoms. The predicted molar refractivity (Wildman–Crippen MR) is 94.1 cm³/mol. The number of rotatable bonds is 3. The van der Waals surface area contributed by atoms with E-state index in [1.165, 1.54) is 31.3 Å². The minimum absolute atomic E-state index is 0.131. The first kappa shape index (κ1) is 18.2. The number of halogens is 2. The second kappa shape index (κ2) is 6.94. The maximum Gasteiger partial charge on any atom is 0.351 e. The molecule has 0 aliphatic carbocycles. The van der Waals surface area contributed by atoms with Gasteiger partial charge in [-0.1, -0.05) is 6.07 Å². The molecule has 3 aromatic rings. The van der Waals surface area contributed by atoms with E-state index in [2.05, 4.69) is 10.4 Å². The molecular weight excluding hydrogens is 358 g/mol. The number of nitrogens with one attached hydrogen (secondary N) is 1. The van der Waals surface area contributed by atoms with Gasteiger partial charge in [-0.15, -0.1) is 0 Å². The summed E-state index contributed by atoms with van der Waals surface area (Å²) in [6.45, 7) is 1.57. The van der Waals surface area contributed by atoms with Crippen LogP contribution in [0.15, 0.2) is 52.1 Å². The van der Waals surface area contributed by atoms with E-state index in [1.807, 2.05) is 0 Å². The first-order valence-electron chi connectivity index (χ1n) is 7.81. The molecule has 138 valence electrons. The monoisotopic (exact) mass is 372 g/mol. The number of aromatic nitrogens is 3. The Morgan fingerprint density at radius 1 is 1.07 bits per heavy atom. The summed E-state index contributed by atoms with van der Waals surface area (Å²) >= 11 is 0. The number of benzene rings is 2. The Balaban J connectivity index is 2.05. The van der Waals surface area contributed by atoms with Crippen molar-refractivity contribution in [1.82, 2.24) is 14.3 Å². The minimum Gasteiger partial charge on any atom is -0.320 e. The lowest BCUT2D eigenvalue weighted by Crippen LogP contribution is -2.43. The lowest BCUT2D eigenvalue weighted by Gasteiger charge is -2.10. The molecule has 0 saturated carbocycles. The quantitative estimate of drug-likeness (QED) is 0.759. The molecule has 7 nitrogen and oxygen atoms in total. The number of carbonyl (C=O) groups excluding carboxylic acids is 1. The number of hydrogen-bond donors (Lipinski definition) is 1. The third-order valence-corrected chi connectivity index (χ3v) is 3.89. The van der Waals surface area contributed by atoms with Crippen LogP contribution in [-0.2, 0) is 7.05 Å². The van der Waals surface area contributed by atoms with Crippen LogP contribution in [0.5, 0.6) is 0 Å². The molecule has 1 amide bonds. The van der Waals surface area contributed by atoms with E-state index in [4.69, 9.17) is 0 Å². The van der Waals surface area contributed by atoms with Crippen LogP contribution in [-0.4, -0.2) is 20.3 Å². The summed E-state index contributed by atoms with van der Waals surface area (Å²) in [6.07, 6.45) is 0. The average molecular weight is 372 g/mol. The highest BCUT2D eigenvalue weighted by Crippen LogP contribution is 2.14. The fourth-order valence-corrected chi connectivity index (χ4v) is 2.33. The molecule has 1 N–H and O–H groups in total. The summed E-state index contributed by atoms with van der Waals surface area (Å²) in [5.74, 6) is -1.95. The summed E-state index contributed by atoms with van der Waals surface area (Å²) < 4.78 is 28.3. The molecule has 0 spiro atoms. The number of anilines is 1. The summed E-state index contributed by atoms with van der Waals surface area (Å²) in [5, 5.41) is 6.18. The van der Waals surface area contributed by atoms with Crippen molar-refractivity contribution in [1.29, 1.82) is 0 Å². The molecule has 1 aromatic heterocycles. The fourth-order valence-electron chi connectivity index (χ4n) is 2.33. The van der Waals surface area contributed by atoms with E-state index >= 15 is 0 Å². The Bertz CT molecular complexity index is 1150. The van der Waals surface area contributed by atoms with Crippen molar-refractivity contribution in [2.24, 2.45) is 7.05 Å². The van der Waals surface area contributed by atoms with Gasteiger partial charge < -0.3 is 5.32 Å². The highest BCUT2D eigenvalue weighted by atomic mass is 19.1. The lowest BCUT2D eigenvalue weighted by atomic mass is 10.2. The number of nitrogens with zero attached hydrogens (tertiary/aromatic N) is 3. The van der Waals surface area contributed by atoms with Crippen molar-refractivity contribution < 1.29 is 13.6 Å². The maximum atomic E-state index is 13.6. The highest BCUT2D eigenvalue weighted by molar-refractivity contribution is 6.02. The zero-order chi connectivity index (χ0) is 19.7. The molecule has 1 heterocycles. The highest BCUT2D eigenvalue weighted by Gasteiger charge is 2.19. The van der Waals surface area contributed by atoms with Crippen molar-refractivity contribution in [2.45, 2.75) is 6.92 Å². The van der Waals surface area contributed by atoms with Crippen LogP contribution < -0.4 is 16.6 Å². The summed E-state index contributed by atoms with van der Waals surface area (Å²) in [4.78, 5) is 37.0. The van der Waals surface area contributed by atoms with Gasteiger partial charge in [0.2, 0.25) is 5.69 Å². The predicted octanol–water partition coefficient (Wildman–Crippen LogP) is 1.77. The van der Waals surface area contributed by atoms with E-state index < -0.39 is 34.5 Å². The van der Waals surface area contributed by atoms with E-state index in [9.17, 15) is 23.2 Å². The largest absolute Gasteiger partial charge is 0.351 e. The van der Waals surface area contributed by atoms with Crippen molar-refractivity contribution in [3.05, 3.63) is 86.2 Å². The van der Waals surface area contributed by atoms with Crippen molar-refractivity contribution in [3.63, 3.8) is 0 Å². The third kappa shape index (κ3) is 3.52. The smallest absolute Gasteiger partial charge is 0.320 e. The van der Waals surface area contributed by atoms with E-state index in [0.29, 0.717) is 10.1 Å². The normalized spacial score (nSPS) is 10.7. The summed E-state index contributed by atoms with van der Waals surface area (Å²) in [6, 6.07) is 8.84. The summed E-state index contributed by atoms with van der Waals surface area (Å²) in [7, 11) is 1.19. The number of aryl methyl sites for hydroxylation is 1. The SMILES string of the molecule is Cc1ccc(NC(=O)c2nn(-c3ccc(F)cc3)c(=O)n(C)c2=O)cc1F. The molecule has 0 atom stereocenters. The van der Waals surface area contributed by atoms with Gasteiger partial charge in [-0.05, 0) is 48.9 Å². The maximum absolute atomic E-state index is 13.6. The Morgan fingerprint density at radius 3 is 2.37 bits per heavy atom. The Morgan fingerprint density at radius 2 is 1.74 bits per heavy atom. The van der Waals surface area contributed by atoms with Crippen LogP contribution in [0, 0.1) is 18.6 Å². The molecule has 27 heavy (non-hydrogen) atoms. The van der Waals surface area contributed by atoms with Crippen LogP contribution >= 0.6 is 0 Å². The van der Waals surface area contributed by atoms with Crippen LogP contribution in [0.25, 0.3) is 5.69 Å². The van der Waals surface area contributed by atoms with E-state index in [0.717, 1.165) is 22.9 Å². The second-order valence-electron chi connectivity index (χ2n) is 5.80. The number of amides is 1. The van der Waals surface area contributed by atoms with Crippen LogP contribution in [0.1, 0.15) is 16.1 Å². The molecule has 3 rings (SSSR count). The van der Waals surface area contributed by atoms with E-state index in [-0.39, 0.29) is 11.4 Å². The van der Waals surface area contributed by atoms with Gasteiger partial charge in [-0.3, -0.25) is 14.2 Å². The molecule has 0 unspecified atom stereocenters. The molecule has 0 saturated heterocycles. The summed E-state index contributed by atoms with van der Waals surface area (Å²) in [5.41, 5.74) is -1.58. The Labute approximate surface area is 151 Å². The van der Waals surface area contributed by atoms with Gasteiger partial charge in [-0.2, -0.15) is 9.78 Å². The first-order valence-corrected chi connectivity index (χ1v) is 7.81. The molecular formula is C18H14F2N4O3. The standard InChI is InChI=1S/C18H14F2N4O3/c1-10-3-6-12(9-14(10)20)21-16(25)15-17(26)23(2)18(27)24(22-15)13-7-4-11(19)5-8-13/h3-9H,1-2H3,(H,21,25). The zero-order valence-corrected chi connectivity index (χ0v) is 14.4. The Kier molecular flexibility index (Phi) is 4.68. The topological polar surface area (TPSA) is 86.0 Å². The molecule has 0 aliphatic heterocycles. The van der Waals surface area contributed by atoms with Gasteiger partial charge in [-0.25, -0.2) is 13.6 Å². The van der Waals surface area contributed by atoms with Crippen LogP contribution in [0.2, 0.25) is 0 Å². The number of hydrogen-bond acceptors (Lipinski definition) is 4. The second-order valence-corrected chi connectivity index (χ2v) is 5.80. The zero-order valence-electron chi connectivity index (χ0n) is 14.4. The molecule has 2 aromatic carbocycles. The lowest BCUT2D eigenvalue weighted by molar-refractivity contribution is 0.101. The van der Waals surface area contributed by atoms with Gasteiger partial charge >= 0.3 is 5.69 Å². The van der Waals surface area contributed by atoms with Crippen molar-refractivity contribution >= 4 is 11.6 Å². The molecule has 0 radical (unpaired) electrons. The van der Waals surface area contributed by atoms with Gasteiger partial charge in [0.05, 0.1) is 5.69 Å². The van der Waals surface area contributed by atoms with Gasteiger partial charge in [0.15, 0.2) is 0 Å². The Hall–Kier alpha value is -3.62. The molecule has 0 fully saturated rings. The van der Waals surface area contributed by atoms with Gasteiger partial charge in [0, 0.05) is 12.7 Å². The average Bonchev–Trinajstić information content (AvgIpc) is 2.64. The van der Waals surface area contributed by atoms with Gasteiger partial charge in [0.1, 0.15) is 11.6 Å². The van der Waals surface area contributed by atoms with Crippen molar-refractivity contribution in [3.8, 4) is 5.69 Å². The van der Waals surface area contributed by atoms with Gasteiger partial charge in [0.25, 0.3) is 11.5 Å². The van der Waals surface area contributed by atoms with Crippen LogP contribution in [0.4, 0.5) is 14.5 Å².